The van der Waals surface area contributed by atoms with E-state index in [1.165, 1.54) is 6.39 Å². The lowest BCUT2D eigenvalue weighted by Gasteiger charge is -2.15. The quantitative estimate of drug-likeness (QED) is 0.791. The van der Waals surface area contributed by atoms with Crippen molar-refractivity contribution in [2.75, 3.05) is 6.61 Å². The van der Waals surface area contributed by atoms with Gasteiger partial charge < -0.3 is 9.15 Å². The van der Waals surface area contributed by atoms with Crippen molar-refractivity contribution in [3.63, 3.8) is 0 Å². The highest BCUT2D eigenvalue weighted by molar-refractivity contribution is 6.42. The number of carbonyl (C=O) groups is 1. The van der Waals surface area contributed by atoms with Gasteiger partial charge in [-0.3, -0.25) is 4.79 Å². The van der Waals surface area contributed by atoms with E-state index in [-0.39, 0.29) is 12.5 Å². The van der Waals surface area contributed by atoms with E-state index in [1.54, 1.807) is 24.4 Å². The standard InChI is InChI=1S/C12H9Cl2NO3/c13-10-3-1-2-8(12(10)14)9(5-17-7-16)11-4-15-6-18-11/h1-4,6-7,9H,5H2. The maximum Gasteiger partial charge on any atom is 0.293 e. The van der Waals surface area contributed by atoms with Crippen molar-refractivity contribution in [3.8, 4) is 0 Å². The second kappa shape index (κ2) is 5.89. The number of carbonyl (C=O) groups excluding carboxylic acids is 1. The SMILES string of the molecule is O=COCC(c1cnco1)c1cccc(Cl)c1Cl. The zero-order valence-corrected chi connectivity index (χ0v) is 10.7. The molecular formula is C12H9Cl2NO3. The number of nitrogens with zero attached hydrogens (tertiary/aromatic N) is 1. The molecule has 2 rings (SSSR count). The molecule has 18 heavy (non-hydrogen) atoms. The van der Waals surface area contributed by atoms with E-state index in [4.69, 9.17) is 32.4 Å². The first kappa shape index (κ1) is 12.9. The average Bonchev–Trinajstić information content (AvgIpc) is 2.88. The highest BCUT2D eigenvalue weighted by Gasteiger charge is 2.22. The van der Waals surface area contributed by atoms with Crippen molar-refractivity contribution >= 4 is 29.7 Å². The summed E-state index contributed by atoms with van der Waals surface area (Å²) in [5, 5.41) is 0.847. The van der Waals surface area contributed by atoms with Crippen LogP contribution in [0.2, 0.25) is 10.0 Å². The molecule has 0 amide bonds. The Bertz CT molecular complexity index is 528. The minimum atomic E-state index is -0.330. The van der Waals surface area contributed by atoms with E-state index in [1.807, 2.05) is 0 Å². The summed E-state index contributed by atoms with van der Waals surface area (Å²) in [6, 6.07) is 5.26. The zero-order chi connectivity index (χ0) is 13.0. The Kier molecular flexibility index (Phi) is 4.23. The Morgan fingerprint density at radius 2 is 2.28 bits per heavy atom. The molecule has 0 aliphatic heterocycles. The number of hydrogen-bond donors (Lipinski definition) is 0. The Morgan fingerprint density at radius 1 is 1.44 bits per heavy atom. The summed E-state index contributed by atoms with van der Waals surface area (Å²) in [5.41, 5.74) is 0.725. The topological polar surface area (TPSA) is 52.3 Å². The van der Waals surface area contributed by atoms with E-state index in [0.29, 0.717) is 22.3 Å². The van der Waals surface area contributed by atoms with Gasteiger partial charge in [-0.1, -0.05) is 35.3 Å². The number of ether oxygens (including phenoxy) is 1. The fourth-order valence-electron chi connectivity index (χ4n) is 1.65. The van der Waals surface area contributed by atoms with Crippen LogP contribution < -0.4 is 0 Å². The maximum atomic E-state index is 10.3. The van der Waals surface area contributed by atoms with Gasteiger partial charge in [-0.25, -0.2) is 4.98 Å². The van der Waals surface area contributed by atoms with Crippen LogP contribution in [0.25, 0.3) is 0 Å². The predicted molar refractivity (Wildman–Crippen MR) is 66.8 cm³/mol. The number of benzene rings is 1. The monoisotopic (exact) mass is 285 g/mol. The minimum absolute atomic E-state index is 0.110. The summed E-state index contributed by atoms with van der Waals surface area (Å²) in [6.07, 6.45) is 2.86. The van der Waals surface area contributed by atoms with Crippen LogP contribution in [0.5, 0.6) is 0 Å². The van der Waals surface area contributed by atoms with Crippen LogP contribution in [-0.4, -0.2) is 18.1 Å². The normalized spacial score (nSPS) is 12.1. The maximum absolute atomic E-state index is 10.3. The van der Waals surface area contributed by atoms with Gasteiger partial charge in [0, 0.05) is 0 Å². The smallest absolute Gasteiger partial charge is 0.293 e. The molecule has 1 aromatic heterocycles. The number of rotatable bonds is 5. The summed E-state index contributed by atoms with van der Waals surface area (Å²) in [6.45, 7) is 0.487. The molecule has 1 unspecified atom stereocenters. The van der Waals surface area contributed by atoms with Crippen molar-refractivity contribution in [1.82, 2.24) is 4.98 Å². The molecule has 0 aliphatic rings. The lowest BCUT2D eigenvalue weighted by Crippen LogP contribution is -2.09. The van der Waals surface area contributed by atoms with E-state index in [2.05, 4.69) is 4.98 Å². The third kappa shape index (κ3) is 2.66. The molecule has 0 fully saturated rings. The van der Waals surface area contributed by atoms with Crippen LogP contribution in [-0.2, 0) is 9.53 Å². The van der Waals surface area contributed by atoms with Gasteiger partial charge in [0.1, 0.15) is 12.4 Å². The van der Waals surface area contributed by atoms with Crippen LogP contribution >= 0.6 is 23.2 Å². The van der Waals surface area contributed by atoms with Gasteiger partial charge in [0.05, 0.1) is 22.2 Å². The van der Waals surface area contributed by atoms with Crippen LogP contribution in [0.15, 0.2) is 35.2 Å². The molecule has 4 nitrogen and oxygen atoms in total. The van der Waals surface area contributed by atoms with Crippen molar-refractivity contribution in [2.24, 2.45) is 0 Å². The Balaban J connectivity index is 2.39. The van der Waals surface area contributed by atoms with Crippen molar-refractivity contribution < 1.29 is 13.9 Å². The third-order valence-electron chi connectivity index (χ3n) is 2.48. The summed E-state index contributed by atoms with van der Waals surface area (Å²) in [5.74, 6) is 0.227. The summed E-state index contributed by atoms with van der Waals surface area (Å²) < 4.78 is 10.0. The lowest BCUT2D eigenvalue weighted by atomic mass is 9.98. The Hall–Kier alpha value is -1.52. The van der Waals surface area contributed by atoms with E-state index < -0.39 is 0 Å². The fourth-order valence-corrected chi connectivity index (χ4v) is 2.09. The molecule has 0 spiro atoms. The Morgan fingerprint density at radius 3 is 2.94 bits per heavy atom. The average molecular weight is 286 g/mol. The molecule has 0 saturated carbocycles. The van der Waals surface area contributed by atoms with Crippen molar-refractivity contribution in [1.29, 1.82) is 0 Å². The van der Waals surface area contributed by atoms with Gasteiger partial charge in [0.15, 0.2) is 6.39 Å². The summed E-state index contributed by atoms with van der Waals surface area (Å²) in [4.78, 5) is 14.2. The highest BCUT2D eigenvalue weighted by Crippen LogP contribution is 2.34. The molecular weight excluding hydrogens is 277 g/mol. The number of oxazole rings is 1. The van der Waals surface area contributed by atoms with E-state index in [9.17, 15) is 4.79 Å². The van der Waals surface area contributed by atoms with Crippen LogP contribution in [0.4, 0.5) is 0 Å². The molecule has 1 atom stereocenters. The molecule has 94 valence electrons. The van der Waals surface area contributed by atoms with Gasteiger partial charge in [-0.05, 0) is 11.6 Å². The lowest BCUT2D eigenvalue weighted by molar-refractivity contribution is -0.129. The highest BCUT2D eigenvalue weighted by atomic mass is 35.5. The van der Waals surface area contributed by atoms with Gasteiger partial charge in [-0.15, -0.1) is 0 Å². The molecule has 6 heteroatoms. The third-order valence-corrected chi connectivity index (χ3v) is 3.32. The zero-order valence-electron chi connectivity index (χ0n) is 9.18. The second-order valence-corrected chi connectivity index (χ2v) is 4.31. The Labute approximate surface area is 113 Å². The van der Waals surface area contributed by atoms with Crippen molar-refractivity contribution in [2.45, 2.75) is 5.92 Å². The molecule has 1 aromatic carbocycles. The van der Waals surface area contributed by atoms with Crippen LogP contribution in [0.1, 0.15) is 17.2 Å². The second-order valence-electron chi connectivity index (χ2n) is 3.53. The van der Waals surface area contributed by atoms with Crippen LogP contribution in [0.3, 0.4) is 0 Å². The van der Waals surface area contributed by atoms with Gasteiger partial charge in [-0.2, -0.15) is 0 Å². The summed E-state index contributed by atoms with van der Waals surface area (Å²) >= 11 is 12.1. The van der Waals surface area contributed by atoms with Crippen molar-refractivity contribution in [3.05, 3.63) is 52.2 Å². The van der Waals surface area contributed by atoms with Gasteiger partial charge in [0.25, 0.3) is 6.47 Å². The fraction of sp³-hybridized carbons (Fsp3) is 0.167. The van der Waals surface area contributed by atoms with E-state index in [0.717, 1.165) is 5.56 Å². The minimum Gasteiger partial charge on any atom is -0.467 e. The number of halogens is 2. The molecule has 1 heterocycles. The van der Waals surface area contributed by atoms with Crippen LogP contribution in [0, 0.1) is 0 Å². The summed E-state index contributed by atoms with van der Waals surface area (Å²) in [7, 11) is 0. The molecule has 2 aromatic rings. The first-order valence-corrected chi connectivity index (χ1v) is 5.87. The molecule has 0 radical (unpaired) electrons. The van der Waals surface area contributed by atoms with Gasteiger partial charge >= 0.3 is 0 Å². The molecule has 0 bridgehead atoms. The number of aromatic nitrogens is 1. The van der Waals surface area contributed by atoms with E-state index >= 15 is 0 Å². The largest absolute Gasteiger partial charge is 0.467 e. The molecule has 0 N–H and O–H groups in total. The molecule has 0 aliphatic carbocycles. The first-order valence-electron chi connectivity index (χ1n) is 5.11. The number of hydrogen-bond acceptors (Lipinski definition) is 4. The van der Waals surface area contributed by atoms with Gasteiger partial charge in [0.2, 0.25) is 0 Å². The molecule has 0 saturated heterocycles. The predicted octanol–water partition coefficient (Wildman–Crippen LogP) is 3.29. The first-order chi connectivity index (χ1) is 8.74.